The monoisotopic (exact) mass is 798 g/mol. The SMILES string of the molecule is COC(=O)C(Cc1ccccc1)NC(=O)CC(C)(O)CC(=O)OC1CC2(C)C3=C(CCC2C(C)(C)C1O)C1(C)CCC(C(C)CCC(O)C(C)(C)O)C1(C)C(O)C3. The fraction of sp³-hybridized carbons (Fsp3) is 0.761. The molecule has 0 aliphatic heterocycles. The summed E-state index contributed by atoms with van der Waals surface area (Å²) in [6.07, 6.45) is 1.67. The minimum Gasteiger partial charge on any atom is -0.467 e. The van der Waals surface area contributed by atoms with E-state index in [1.165, 1.54) is 25.2 Å². The number of ether oxygens (including phenoxy) is 2. The molecule has 4 aliphatic rings. The van der Waals surface area contributed by atoms with E-state index in [9.17, 15) is 39.9 Å². The third-order valence-corrected chi connectivity index (χ3v) is 15.7. The zero-order chi connectivity index (χ0) is 42.5. The van der Waals surface area contributed by atoms with Gasteiger partial charge in [0.2, 0.25) is 5.91 Å². The van der Waals surface area contributed by atoms with Gasteiger partial charge in [-0.05, 0) is 112 Å². The summed E-state index contributed by atoms with van der Waals surface area (Å²) in [4.78, 5) is 39.2. The average molecular weight is 798 g/mol. The van der Waals surface area contributed by atoms with Gasteiger partial charge in [0, 0.05) is 11.8 Å². The number of methoxy groups -OCH3 is 1. The van der Waals surface area contributed by atoms with E-state index < -0.39 is 83.2 Å². The molecule has 5 rings (SSSR count). The number of esters is 2. The van der Waals surface area contributed by atoms with E-state index in [-0.39, 0.29) is 35.0 Å². The van der Waals surface area contributed by atoms with Crippen LogP contribution in [0.2, 0.25) is 0 Å². The summed E-state index contributed by atoms with van der Waals surface area (Å²) in [5.41, 5.74) is -1.31. The van der Waals surface area contributed by atoms with Crippen LogP contribution in [0.25, 0.3) is 0 Å². The Labute approximate surface area is 340 Å². The summed E-state index contributed by atoms with van der Waals surface area (Å²) in [5.74, 6) is -1.45. The normalized spacial score (nSPS) is 34.8. The average Bonchev–Trinajstić information content (AvgIpc) is 3.40. The van der Waals surface area contributed by atoms with Crippen molar-refractivity contribution in [3.8, 4) is 0 Å². The number of allylic oxidation sites excluding steroid dienone is 1. The van der Waals surface area contributed by atoms with Crippen molar-refractivity contribution in [2.24, 2.45) is 39.4 Å². The molecule has 2 fully saturated rings. The zero-order valence-electron chi connectivity index (χ0n) is 36.1. The molecule has 0 aromatic heterocycles. The van der Waals surface area contributed by atoms with Gasteiger partial charge in [0.05, 0.1) is 49.5 Å². The topological polar surface area (TPSA) is 183 Å². The van der Waals surface area contributed by atoms with Crippen molar-refractivity contribution >= 4 is 17.8 Å². The first-order chi connectivity index (χ1) is 26.3. The lowest BCUT2D eigenvalue weighted by atomic mass is 9.42. The second-order valence-electron chi connectivity index (χ2n) is 20.4. The highest BCUT2D eigenvalue weighted by atomic mass is 16.6. The Kier molecular flexibility index (Phi) is 13.0. The van der Waals surface area contributed by atoms with Crippen LogP contribution < -0.4 is 5.32 Å². The van der Waals surface area contributed by atoms with Crippen LogP contribution in [0, 0.1) is 39.4 Å². The number of rotatable bonds is 14. The van der Waals surface area contributed by atoms with Crippen LogP contribution in [0.1, 0.15) is 132 Å². The van der Waals surface area contributed by atoms with E-state index in [0.29, 0.717) is 19.3 Å². The van der Waals surface area contributed by atoms with Crippen LogP contribution in [0.4, 0.5) is 0 Å². The van der Waals surface area contributed by atoms with E-state index >= 15 is 0 Å². The molecule has 320 valence electrons. The number of carbonyl (C=O) groups is 3. The Morgan fingerprint density at radius 3 is 2.21 bits per heavy atom. The quantitative estimate of drug-likeness (QED) is 0.103. The summed E-state index contributed by atoms with van der Waals surface area (Å²) in [6.45, 7) is 17.7. The Morgan fingerprint density at radius 1 is 0.947 bits per heavy atom. The Morgan fingerprint density at radius 2 is 1.60 bits per heavy atom. The van der Waals surface area contributed by atoms with Gasteiger partial charge in [-0.1, -0.05) is 83.0 Å². The van der Waals surface area contributed by atoms with E-state index in [4.69, 9.17) is 9.47 Å². The van der Waals surface area contributed by atoms with Crippen LogP contribution in [-0.2, 0) is 30.3 Å². The highest BCUT2D eigenvalue weighted by Gasteiger charge is 2.67. The third-order valence-electron chi connectivity index (χ3n) is 15.7. The molecule has 57 heavy (non-hydrogen) atoms. The van der Waals surface area contributed by atoms with Crippen molar-refractivity contribution in [3.63, 3.8) is 0 Å². The molecule has 6 N–H and O–H groups in total. The number of hydrogen-bond acceptors (Lipinski definition) is 10. The van der Waals surface area contributed by atoms with Crippen LogP contribution in [-0.4, -0.2) is 92.1 Å². The predicted molar refractivity (Wildman–Crippen MR) is 216 cm³/mol. The first kappa shape index (κ1) is 45.3. The third kappa shape index (κ3) is 8.61. The standard InChI is InChI=1S/C46H71NO10/c1-27(16-19-35(48)42(4,5)54)29-20-21-45(8)30-17-18-34-41(2,3)39(52)33(24-44(34,7)31(30)23-36(49)46(29,45)9)57-38(51)26-43(6,55)25-37(50)47-32(40(53)56-10)22-28-14-12-11-13-15-28/h11-15,27,29,32-36,39,48-49,52,54-55H,16-26H2,1-10H3,(H,47,50). The molecule has 12 atom stereocenters. The van der Waals surface area contributed by atoms with Crippen LogP contribution in [0.3, 0.4) is 0 Å². The van der Waals surface area contributed by atoms with Crippen molar-refractivity contribution in [1.29, 1.82) is 0 Å². The number of hydrogen-bond donors (Lipinski definition) is 6. The summed E-state index contributed by atoms with van der Waals surface area (Å²) >= 11 is 0. The van der Waals surface area contributed by atoms with Gasteiger partial charge in [0.25, 0.3) is 0 Å². The van der Waals surface area contributed by atoms with Gasteiger partial charge in [-0.3, -0.25) is 9.59 Å². The lowest BCUT2D eigenvalue weighted by Gasteiger charge is -2.64. The Bertz CT molecular complexity index is 1670. The fourth-order valence-corrected chi connectivity index (χ4v) is 12.2. The molecule has 2 saturated carbocycles. The first-order valence-electron chi connectivity index (χ1n) is 21.1. The van der Waals surface area contributed by atoms with Gasteiger partial charge in [0.1, 0.15) is 12.1 Å². The van der Waals surface area contributed by atoms with Crippen LogP contribution in [0.5, 0.6) is 0 Å². The number of carbonyl (C=O) groups excluding carboxylic acids is 3. The van der Waals surface area contributed by atoms with Crippen molar-refractivity contribution in [1.82, 2.24) is 5.32 Å². The minimum atomic E-state index is -1.80. The summed E-state index contributed by atoms with van der Waals surface area (Å²) in [7, 11) is 1.24. The van der Waals surface area contributed by atoms with Crippen LogP contribution in [0.15, 0.2) is 41.5 Å². The molecule has 4 aliphatic carbocycles. The molecular weight excluding hydrogens is 727 g/mol. The minimum absolute atomic E-state index is 0.0683. The Balaban J connectivity index is 1.31. The largest absolute Gasteiger partial charge is 0.467 e. The number of fused-ring (bicyclic) bond motifs is 4. The van der Waals surface area contributed by atoms with Gasteiger partial charge in [0.15, 0.2) is 0 Å². The predicted octanol–water partition coefficient (Wildman–Crippen LogP) is 5.57. The molecule has 0 radical (unpaired) electrons. The second kappa shape index (κ2) is 16.3. The molecule has 12 unspecified atom stereocenters. The summed E-state index contributed by atoms with van der Waals surface area (Å²) < 4.78 is 11.0. The van der Waals surface area contributed by atoms with Crippen LogP contribution >= 0.6 is 0 Å². The molecule has 0 bridgehead atoms. The zero-order valence-corrected chi connectivity index (χ0v) is 36.1. The summed E-state index contributed by atoms with van der Waals surface area (Å²) in [6, 6.07) is 8.19. The number of amides is 1. The summed E-state index contributed by atoms with van der Waals surface area (Å²) in [5, 5.41) is 59.0. The van der Waals surface area contributed by atoms with E-state index in [1.54, 1.807) is 13.8 Å². The first-order valence-corrected chi connectivity index (χ1v) is 21.1. The molecule has 1 aromatic rings. The molecule has 0 heterocycles. The van der Waals surface area contributed by atoms with Gasteiger partial charge in [-0.25, -0.2) is 4.79 Å². The highest BCUT2D eigenvalue weighted by molar-refractivity contribution is 5.85. The van der Waals surface area contributed by atoms with E-state index in [1.807, 2.05) is 44.2 Å². The molecule has 11 nitrogen and oxygen atoms in total. The van der Waals surface area contributed by atoms with Gasteiger partial charge >= 0.3 is 11.9 Å². The maximum atomic E-state index is 13.6. The lowest BCUT2D eigenvalue weighted by molar-refractivity contribution is -0.193. The lowest BCUT2D eigenvalue weighted by Crippen LogP contribution is -2.62. The maximum absolute atomic E-state index is 13.6. The second-order valence-corrected chi connectivity index (χ2v) is 20.4. The number of aliphatic hydroxyl groups is 5. The van der Waals surface area contributed by atoms with Crippen molar-refractivity contribution in [2.45, 2.75) is 175 Å². The maximum Gasteiger partial charge on any atom is 0.328 e. The molecular formula is C46H71NO10. The van der Waals surface area contributed by atoms with Crippen molar-refractivity contribution in [3.05, 3.63) is 47.0 Å². The number of nitrogens with one attached hydrogen (secondary N) is 1. The number of aliphatic hydroxyl groups excluding tert-OH is 3. The van der Waals surface area contributed by atoms with Crippen molar-refractivity contribution in [2.75, 3.05) is 7.11 Å². The number of benzene rings is 1. The van der Waals surface area contributed by atoms with Crippen molar-refractivity contribution < 1.29 is 49.4 Å². The highest BCUT2D eigenvalue weighted by Crippen LogP contribution is 2.72. The Hall–Kier alpha value is -2.83. The van der Waals surface area contributed by atoms with E-state index in [2.05, 4.69) is 33.0 Å². The van der Waals surface area contributed by atoms with E-state index in [0.717, 1.165) is 37.7 Å². The molecule has 0 spiro atoms. The van der Waals surface area contributed by atoms with Gasteiger partial charge < -0.3 is 40.3 Å². The van der Waals surface area contributed by atoms with Gasteiger partial charge in [-0.2, -0.15) is 0 Å². The fourth-order valence-electron chi connectivity index (χ4n) is 12.2. The van der Waals surface area contributed by atoms with Gasteiger partial charge in [-0.15, -0.1) is 0 Å². The smallest absolute Gasteiger partial charge is 0.328 e. The molecule has 1 amide bonds. The molecule has 11 heteroatoms. The molecule has 1 aromatic carbocycles. The molecule has 0 saturated heterocycles.